The van der Waals surface area contributed by atoms with Gasteiger partial charge in [0.15, 0.2) is 5.82 Å². The normalized spacial score (nSPS) is 18.1. The number of benzene rings is 2. The number of carbonyl (C=O) groups is 3. The fourth-order valence-electron chi connectivity index (χ4n) is 8.19. The molecule has 14 nitrogen and oxygen atoms in total. The molecule has 4 aromatic rings. The fraction of sp³-hybridized carbons (Fsp3) is 0.478. The van der Waals surface area contributed by atoms with Gasteiger partial charge in [-0.15, -0.1) is 21.5 Å². The number of nitrogens with two attached hydrogens (primary N) is 1. The minimum absolute atomic E-state index is 0.0221. The molecule has 326 valence electrons. The van der Waals surface area contributed by atoms with E-state index in [4.69, 9.17) is 5.73 Å². The van der Waals surface area contributed by atoms with Crippen molar-refractivity contribution in [3.8, 4) is 27.4 Å². The van der Waals surface area contributed by atoms with Crippen LogP contribution in [-0.4, -0.2) is 92.4 Å². The van der Waals surface area contributed by atoms with E-state index in [0.29, 0.717) is 68.1 Å². The first-order valence-electron chi connectivity index (χ1n) is 21.3. The molecular formula is C46H61N9O5S. The summed E-state index contributed by atoms with van der Waals surface area (Å²) in [6, 6.07) is 15.8. The Morgan fingerprint density at radius 3 is 2.41 bits per heavy atom. The Balaban J connectivity index is 0.922. The first kappa shape index (κ1) is 45.0. The number of aryl methyl sites for hydroxylation is 1. The lowest BCUT2D eigenvalue weighted by Gasteiger charge is -2.36. The number of hydrogen-bond donors (Lipinski definition) is 6. The number of unbranched alkanes of at least 4 members (excludes halogenated alkanes) is 2. The number of phenols is 1. The second kappa shape index (κ2) is 19.9. The molecule has 0 aliphatic carbocycles. The van der Waals surface area contributed by atoms with Crippen LogP contribution in [-0.2, 0) is 14.4 Å². The third-order valence-corrected chi connectivity index (χ3v) is 12.7. The summed E-state index contributed by atoms with van der Waals surface area (Å²) in [5, 5.41) is 38.9. The lowest BCUT2D eigenvalue weighted by Crippen LogP contribution is -2.56. The minimum Gasteiger partial charge on any atom is -0.507 e. The van der Waals surface area contributed by atoms with E-state index in [1.54, 1.807) is 34.4 Å². The summed E-state index contributed by atoms with van der Waals surface area (Å²) in [6.45, 7) is 16.1. The number of rotatable bonds is 16. The zero-order chi connectivity index (χ0) is 43.8. The number of aromatic hydroxyl groups is 1. The second-order valence-corrected chi connectivity index (χ2v) is 18.3. The van der Waals surface area contributed by atoms with E-state index in [1.807, 2.05) is 52.3 Å². The van der Waals surface area contributed by atoms with Crippen LogP contribution in [0.15, 0.2) is 72.4 Å². The number of thiazole rings is 1. The molecule has 2 saturated heterocycles. The number of piperidine rings is 1. The average molecular weight is 852 g/mol. The van der Waals surface area contributed by atoms with Crippen molar-refractivity contribution in [2.45, 2.75) is 104 Å². The molecule has 2 aromatic carbocycles. The number of β-amino-alcohol motifs (C(OH)–C–C–N with tert-alkyl or cyclic N) is 1. The molecule has 2 aromatic heterocycles. The van der Waals surface area contributed by atoms with Crippen molar-refractivity contribution < 1.29 is 24.6 Å². The number of aromatic nitrogens is 3. The Bertz CT molecular complexity index is 2160. The number of aliphatic hydroxyl groups excluding tert-OH is 1. The van der Waals surface area contributed by atoms with Crippen LogP contribution in [0, 0.1) is 18.3 Å². The molecule has 0 radical (unpaired) electrons. The molecule has 7 N–H and O–H groups in total. The maximum atomic E-state index is 14.2. The number of carbonyl (C=O) groups excluding carboxylic acids is 3. The van der Waals surface area contributed by atoms with Gasteiger partial charge in [-0.1, -0.05) is 70.2 Å². The number of aliphatic hydroxyl groups is 1. The number of likely N-dealkylation sites (tertiary alicyclic amines) is 1. The highest BCUT2D eigenvalue weighted by molar-refractivity contribution is 7.13. The highest BCUT2D eigenvalue weighted by Crippen LogP contribution is 2.34. The molecule has 0 unspecified atom stereocenters. The molecule has 2 fully saturated rings. The Morgan fingerprint density at radius 1 is 1.02 bits per heavy atom. The Morgan fingerprint density at radius 2 is 1.74 bits per heavy atom. The number of nitrogens with zero attached hydrogens (tertiary/aromatic N) is 5. The molecule has 0 bridgehead atoms. The SMILES string of the molecule is C=C(N[C@@H](C)c1ccc(-c2scnc2C)cc1)[C@@H]1C[C@@H](O)CN1C(=O)[C@@H](NC(=O)CCCCCNC(=O)C1CCN(c2cc(-c3ccccc3O)nnc2N)CC1)C(C)(C)C. The van der Waals surface area contributed by atoms with Gasteiger partial charge in [0.1, 0.15) is 11.8 Å². The van der Waals surface area contributed by atoms with Crippen molar-refractivity contribution >= 4 is 40.6 Å². The zero-order valence-corrected chi connectivity index (χ0v) is 36.8. The molecular weight excluding hydrogens is 791 g/mol. The number of nitrogens with one attached hydrogen (secondary N) is 3. The zero-order valence-electron chi connectivity index (χ0n) is 36.0. The number of para-hydroxylation sites is 1. The molecule has 3 amide bonds. The van der Waals surface area contributed by atoms with E-state index < -0.39 is 23.6 Å². The Hall–Kier alpha value is -5.54. The van der Waals surface area contributed by atoms with Crippen molar-refractivity contribution in [2.75, 3.05) is 36.8 Å². The highest BCUT2D eigenvalue weighted by Gasteiger charge is 2.43. The fourth-order valence-corrected chi connectivity index (χ4v) is 9.00. The summed E-state index contributed by atoms with van der Waals surface area (Å²) in [5.74, 6) is -0.128. The summed E-state index contributed by atoms with van der Waals surface area (Å²) < 4.78 is 0. The highest BCUT2D eigenvalue weighted by atomic mass is 32.1. The van der Waals surface area contributed by atoms with Gasteiger partial charge in [-0.3, -0.25) is 14.4 Å². The van der Waals surface area contributed by atoms with Crippen LogP contribution >= 0.6 is 11.3 Å². The van der Waals surface area contributed by atoms with Crippen molar-refractivity contribution in [1.29, 1.82) is 0 Å². The Kier molecular flexibility index (Phi) is 14.7. The molecule has 4 heterocycles. The molecule has 15 heteroatoms. The number of hydrogen-bond acceptors (Lipinski definition) is 12. The van der Waals surface area contributed by atoms with Crippen LogP contribution in [0.25, 0.3) is 21.7 Å². The van der Waals surface area contributed by atoms with Crippen molar-refractivity contribution in [1.82, 2.24) is 36.0 Å². The summed E-state index contributed by atoms with van der Waals surface area (Å²) in [6.07, 6.45) is 3.32. The largest absolute Gasteiger partial charge is 0.507 e. The molecule has 2 aliphatic heterocycles. The van der Waals surface area contributed by atoms with Gasteiger partial charge in [0.05, 0.1) is 39.6 Å². The lowest BCUT2D eigenvalue weighted by atomic mass is 9.85. The molecule has 6 rings (SSSR count). The third-order valence-electron chi connectivity index (χ3n) is 11.8. The van der Waals surface area contributed by atoms with E-state index in [9.17, 15) is 24.6 Å². The monoisotopic (exact) mass is 851 g/mol. The van der Waals surface area contributed by atoms with Gasteiger partial charge >= 0.3 is 0 Å². The smallest absolute Gasteiger partial charge is 0.246 e. The van der Waals surface area contributed by atoms with Crippen molar-refractivity contribution in [3.05, 3.63) is 83.6 Å². The molecule has 0 saturated carbocycles. The maximum Gasteiger partial charge on any atom is 0.246 e. The second-order valence-electron chi connectivity index (χ2n) is 17.4. The van der Waals surface area contributed by atoms with Crippen LogP contribution in [0.4, 0.5) is 11.5 Å². The van der Waals surface area contributed by atoms with E-state index in [-0.39, 0.29) is 48.4 Å². The summed E-state index contributed by atoms with van der Waals surface area (Å²) in [4.78, 5) is 49.7. The predicted molar refractivity (Wildman–Crippen MR) is 240 cm³/mol. The van der Waals surface area contributed by atoms with E-state index >= 15 is 0 Å². The summed E-state index contributed by atoms with van der Waals surface area (Å²) in [5.41, 5.74) is 13.1. The standard InChI is InChI=1S/C46H61N9O5S/c1-28(31-15-17-32(18-16-31)41-30(3)49-27-61-41)50-29(2)37-24-34(56)26-55(37)45(60)42(46(4,5)6)51-40(58)14-8-7-11-21-48-44(59)33-19-22-54(23-20-33)38-25-36(52-53-43(38)47)35-12-9-10-13-39(35)57/h9-10,12-13,15-18,25,27-28,33-34,37,42,50,56-57H,2,7-8,11,14,19-24,26H2,1,3-6H3,(H2,47,53)(H,48,59)(H,51,58)/t28-,34+,37-,42+/m0/s1. The van der Waals surface area contributed by atoms with Crippen LogP contribution in [0.3, 0.4) is 0 Å². The van der Waals surface area contributed by atoms with E-state index in [2.05, 4.69) is 66.9 Å². The van der Waals surface area contributed by atoms with Crippen LogP contribution in [0.2, 0.25) is 0 Å². The predicted octanol–water partition coefficient (Wildman–Crippen LogP) is 6.11. The quantitative estimate of drug-likeness (QED) is 0.0711. The summed E-state index contributed by atoms with van der Waals surface area (Å²) >= 11 is 1.62. The number of anilines is 2. The number of phenolic OH excluding ortho intramolecular Hbond substituents is 1. The van der Waals surface area contributed by atoms with Crippen LogP contribution in [0.1, 0.15) is 89.9 Å². The van der Waals surface area contributed by atoms with Crippen LogP contribution in [0.5, 0.6) is 5.75 Å². The topological polar surface area (TPSA) is 199 Å². The minimum atomic E-state index is -0.794. The molecule has 2 aliphatic rings. The number of amides is 3. The van der Waals surface area contributed by atoms with Gasteiger partial charge < -0.3 is 41.7 Å². The molecule has 0 spiro atoms. The van der Waals surface area contributed by atoms with Gasteiger partial charge in [-0.25, -0.2) is 4.98 Å². The van der Waals surface area contributed by atoms with Gasteiger partial charge in [0, 0.05) is 62.2 Å². The molecule has 61 heavy (non-hydrogen) atoms. The lowest BCUT2D eigenvalue weighted by molar-refractivity contribution is -0.140. The van der Waals surface area contributed by atoms with Gasteiger partial charge in [0.2, 0.25) is 17.7 Å². The van der Waals surface area contributed by atoms with Gasteiger partial charge in [-0.2, -0.15) is 0 Å². The summed E-state index contributed by atoms with van der Waals surface area (Å²) in [7, 11) is 0. The van der Waals surface area contributed by atoms with Gasteiger partial charge in [0.25, 0.3) is 0 Å². The average Bonchev–Trinajstić information content (AvgIpc) is 3.86. The van der Waals surface area contributed by atoms with Gasteiger partial charge in [-0.05, 0) is 74.3 Å². The van der Waals surface area contributed by atoms with E-state index in [0.717, 1.165) is 40.2 Å². The third kappa shape index (κ3) is 11.2. The number of nitrogen functional groups attached to an aromatic ring is 1. The van der Waals surface area contributed by atoms with E-state index in [1.165, 1.54) is 0 Å². The Labute approximate surface area is 363 Å². The first-order chi connectivity index (χ1) is 29.1. The first-order valence-corrected chi connectivity index (χ1v) is 22.2. The van der Waals surface area contributed by atoms with Crippen LogP contribution < -0.4 is 26.6 Å². The maximum absolute atomic E-state index is 14.2. The molecule has 4 atom stereocenters. The van der Waals surface area contributed by atoms with Crippen molar-refractivity contribution in [3.63, 3.8) is 0 Å². The van der Waals surface area contributed by atoms with Crippen molar-refractivity contribution in [2.24, 2.45) is 11.3 Å².